The van der Waals surface area contributed by atoms with Crippen LogP contribution in [0, 0.1) is 13.8 Å². The molecule has 0 aliphatic heterocycles. The number of rotatable bonds is 4. The lowest BCUT2D eigenvalue weighted by atomic mass is 9.98. The van der Waals surface area contributed by atoms with Crippen LogP contribution in [-0.4, -0.2) is 16.9 Å². The van der Waals surface area contributed by atoms with Gasteiger partial charge in [-0.05, 0) is 61.4 Å². The number of anilines is 1. The normalized spacial score (nSPS) is 10.1. The van der Waals surface area contributed by atoms with Gasteiger partial charge in [0.2, 0.25) is 0 Å². The number of carbonyl (C=O) groups is 2. The summed E-state index contributed by atoms with van der Waals surface area (Å²) in [5.41, 5.74) is 5.42. The molecular weight excluding hydrogens is 282 g/mol. The van der Waals surface area contributed by atoms with Crippen molar-refractivity contribution >= 4 is 17.4 Å². The summed E-state index contributed by atoms with van der Waals surface area (Å²) in [7, 11) is 0. The molecule has 0 radical (unpaired) electrons. The van der Waals surface area contributed by atoms with Gasteiger partial charge >= 0.3 is 5.97 Å². The lowest BCUT2D eigenvalue weighted by Crippen LogP contribution is -2.07. The summed E-state index contributed by atoms with van der Waals surface area (Å²) in [4.78, 5) is 27.8. The van der Waals surface area contributed by atoms with Crippen molar-refractivity contribution in [1.82, 2.24) is 0 Å². The molecule has 2 aromatic rings. The van der Waals surface area contributed by atoms with Gasteiger partial charge in [-0.15, -0.1) is 0 Å². The number of nitrogens with one attached hydrogen (secondary N) is 1. The predicted octanol–water partition coefficient (Wildman–Crippen LogP) is 3.13. The van der Waals surface area contributed by atoms with Crippen molar-refractivity contribution in [3.63, 3.8) is 0 Å². The molecule has 0 aliphatic rings. The Hall–Kier alpha value is -2.82. The zero-order valence-electron chi connectivity index (χ0n) is 12.6. The molecule has 0 spiro atoms. The summed E-state index contributed by atoms with van der Waals surface area (Å²) in [5, 5.41) is 9.76. The summed E-state index contributed by atoms with van der Waals surface area (Å²) >= 11 is 0. The Balaban J connectivity index is 2.21. The standard InChI is InChI=1S/C17H17NO4/c1-10-8-14(9-11(2)16(10)20)17(21)13-4-6-15(7-5-13)18-22-12(3)19/h4-9,18,20H,1-3H3. The van der Waals surface area contributed by atoms with Gasteiger partial charge in [-0.2, -0.15) is 0 Å². The molecule has 0 aliphatic carbocycles. The van der Waals surface area contributed by atoms with Gasteiger partial charge in [-0.25, -0.2) is 5.48 Å². The average molecular weight is 299 g/mol. The highest BCUT2D eigenvalue weighted by Gasteiger charge is 2.12. The van der Waals surface area contributed by atoms with Gasteiger partial charge in [-0.3, -0.25) is 9.59 Å². The molecular formula is C17H17NO4. The van der Waals surface area contributed by atoms with Gasteiger partial charge in [0, 0.05) is 18.1 Å². The average Bonchev–Trinajstić information content (AvgIpc) is 2.50. The lowest BCUT2D eigenvalue weighted by molar-refractivity contribution is -0.138. The number of benzene rings is 2. The van der Waals surface area contributed by atoms with Crippen molar-refractivity contribution in [2.75, 3.05) is 5.48 Å². The minimum Gasteiger partial charge on any atom is -0.507 e. The monoisotopic (exact) mass is 299 g/mol. The molecule has 0 unspecified atom stereocenters. The van der Waals surface area contributed by atoms with Crippen LogP contribution < -0.4 is 5.48 Å². The van der Waals surface area contributed by atoms with Crippen LogP contribution in [-0.2, 0) is 9.63 Å². The highest BCUT2D eigenvalue weighted by atomic mass is 16.7. The molecule has 22 heavy (non-hydrogen) atoms. The molecule has 5 nitrogen and oxygen atoms in total. The molecule has 0 saturated heterocycles. The van der Waals surface area contributed by atoms with E-state index in [2.05, 4.69) is 10.3 Å². The fraction of sp³-hybridized carbons (Fsp3) is 0.176. The van der Waals surface area contributed by atoms with Crippen molar-refractivity contribution in [3.8, 4) is 5.75 Å². The molecule has 0 saturated carbocycles. The third-order valence-corrected chi connectivity index (χ3v) is 3.21. The molecule has 0 amide bonds. The Morgan fingerprint density at radius 1 is 1.00 bits per heavy atom. The minimum atomic E-state index is -0.449. The number of phenols is 1. The van der Waals surface area contributed by atoms with Crippen LogP contribution in [0.25, 0.3) is 0 Å². The minimum absolute atomic E-state index is 0.134. The van der Waals surface area contributed by atoms with E-state index >= 15 is 0 Å². The second-order valence-corrected chi connectivity index (χ2v) is 5.06. The van der Waals surface area contributed by atoms with Crippen molar-refractivity contribution in [3.05, 3.63) is 58.7 Å². The van der Waals surface area contributed by atoms with Crippen molar-refractivity contribution in [2.24, 2.45) is 0 Å². The van der Waals surface area contributed by atoms with Crippen LogP contribution >= 0.6 is 0 Å². The largest absolute Gasteiger partial charge is 0.507 e. The second-order valence-electron chi connectivity index (χ2n) is 5.06. The first-order valence-corrected chi connectivity index (χ1v) is 6.77. The van der Waals surface area contributed by atoms with Crippen LogP contribution in [0.2, 0.25) is 0 Å². The van der Waals surface area contributed by atoms with E-state index in [4.69, 9.17) is 0 Å². The van der Waals surface area contributed by atoms with E-state index in [0.29, 0.717) is 27.9 Å². The van der Waals surface area contributed by atoms with Crippen LogP contribution in [0.1, 0.15) is 34.0 Å². The number of carbonyl (C=O) groups excluding carboxylic acids is 2. The molecule has 5 heteroatoms. The maximum Gasteiger partial charge on any atom is 0.329 e. The zero-order chi connectivity index (χ0) is 16.3. The number of hydrogen-bond donors (Lipinski definition) is 2. The van der Waals surface area contributed by atoms with E-state index in [-0.39, 0.29) is 11.5 Å². The Bertz CT molecular complexity index is 697. The van der Waals surface area contributed by atoms with Gasteiger partial charge in [0.1, 0.15) is 5.75 Å². The van der Waals surface area contributed by atoms with Gasteiger partial charge in [0.25, 0.3) is 0 Å². The first kappa shape index (κ1) is 15.6. The van der Waals surface area contributed by atoms with Crippen LogP contribution in [0.15, 0.2) is 36.4 Å². The van der Waals surface area contributed by atoms with E-state index in [9.17, 15) is 14.7 Å². The number of aryl methyl sites for hydroxylation is 2. The molecule has 2 N–H and O–H groups in total. The fourth-order valence-electron chi connectivity index (χ4n) is 2.07. The Kier molecular flexibility index (Phi) is 4.46. The molecule has 0 bridgehead atoms. The molecule has 0 fully saturated rings. The summed E-state index contributed by atoms with van der Waals surface area (Å²) in [5.74, 6) is -0.377. The lowest BCUT2D eigenvalue weighted by Gasteiger charge is -2.08. The smallest absolute Gasteiger partial charge is 0.329 e. The van der Waals surface area contributed by atoms with Crippen molar-refractivity contribution in [1.29, 1.82) is 0 Å². The Labute approximate surface area is 128 Å². The molecule has 0 heterocycles. The first-order chi connectivity index (χ1) is 10.4. The highest BCUT2D eigenvalue weighted by molar-refractivity contribution is 6.09. The number of ketones is 1. The van der Waals surface area contributed by atoms with Crippen molar-refractivity contribution in [2.45, 2.75) is 20.8 Å². The van der Waals surface area contributed by atoms with Crippen LogP contribution in [0.3, 0.4) is 0 Å². The third kappa shape index (κ3) is 3.44. The maximum absolute atomic E-state index is 12.5. The molecule has 114 valence electrons. The number of aromatic hydroxyl groups is 1. The highest BCUT2D eigenvalue weighted by Crippen LogP contribution is 2.24. The molecule has 2 aromatic carbocycles. The van der Waals surface area contributed by atoms with Crippen LogP contribution in [0.4, 0.5) is 5.69 Å². The maximum atomic E-state index is 12.5. The second kappa shape index (κ2) is 6.30. The van der Waals surface area contributed by atoms with E-state index in [1.54, 1.807) is 50.2 Å². The van der Waals surface area contributed by atoms with E-state index in [0.717, 1.165) is 0 Å². The third-order valence-electron chi connectivity index (χ3n) is 3.21. The molecule has 0 aromatic heterocycles. The topological polar surface area (TPSA) is 75.6 Å². The fourth-order valence-corrected chi connectivity index (χ4v) is 2.07. The van der Waals surface area contributed by atoms with E-state index in [1.165, 1.54) is 6.92 Å². The number of hydrogen-bond acceptors (Lipinski definition) is 5. The Morgan fingerprint density at radius 2 is 1.55 bits per heavy atom. The van der Waals surface area contributed by atoms with Crippen LogP contribution in [0.5, 0.6) is 5.75 Å². The zero-order valence-corrected chi connectivity index (χ0v) is 12.6. The van der Waals surface area contributed by atoms with Gasteiger partial charge in [0.15, 0.2) is 5.78 Å². The van der Waals surface area contributed by atoms with Gasteiger partial charge in [0.05, 0.1) is 5.69 Å². The summed E-state index contributed by atoms with van der Waals surface area (Å²) in [6.45, 7) is 4.80. The molecule has 2 rings (SSSR count). The predicted molar refractivity (Wildman–Crippen MR) is 82.8 cm³/mol. The summed E-state index contributed by atoms with van der Waals surface area (Å²) in [6.07, 6.45) is 0. The van der Waals surface area contributed by atoms with E-state index in [1.807, 2.05) is 0 Å². The van der Waals surface area contributed by atoms with Gasteiger partial charge < -0.3 is 9.94 Å². The van der Waals surface area contributed by atoms with Crippen molar-refractivity contribution < 1.29 is 19.5 Å². The quantitative estimate of drug-likeness (QED) is 0.670. The Morgan fingerprint density at radius 3 is 2.05 bits per heavy atom. The van der Waals surface area contributed by atoms with E-state index < -0.39 is 5.97 Å². The summed E-state index contributed by atoms with van der Waals surface area (Å²) < 4.78 is 0. The van der Waals surface area contributed by atoms with Gasteiger partial charge in [-0.1, -0.05) is 0 Å². The molecule has 0 atom stereocenters. The summed E-state index contributed by atoms with van der Waals surface area (Å²) in [6, 6.07) is 9.91. The SMILES string of the molecule is CC(=O)ONc1ccc(C(=O)c2cc(C)c(O)c(C)c2)cc1. The number of phenolic OH excluding ortho intramolecular Hbond substituents is 1. The first-order valence-electron chi connectivity index (χ1n) is 6.77.